The maximum Gasteiger partial charge on any atom is 0.0855 e. The van der Waals surface area contributed by atoms with E-state index in [9.17, 15) is 0 Å². The molecule has 0 aliphatic rings. The lowest BCUT2D eigenvalue weighted by atomic mass is 10.1. The zero-order chi connectivity index (χ0) is 11.7. The average molecular weight is 445 g/mol. The number of thiophene rings is 1. The summed E-state index contributed by atoms with van der Waals surface area (Å²) >= 11 is 18.5. The van der Waals surface area contributed by atoms with E-state index in [2.05, 4.69) is 59.2 Å². The topological polar surface area (TPSA) is 0 Å². The lowest BCUT2D eigenvalue weighted by molar-refractivity contribution is 1.14. The molecule has 16 heavy (non-hydrogen) atoms. The van der Waals surface area contributed by atoms with Gasteiger partial charge in [0.25, 0.3) is 0 Å². The fraction of sp³-hybridized carbons (Fsp3) is 0.0909. The third-order valence-electron chi connectivity index (χ3n) is 2.11. The Bertz CT molecular complexity index is 510. The summed E-state index contributed by atoms with van der Waals surface area (Å²) in [7, 11) is 0. The second kappa shape index (κ2) is 5.53. The molecule has 0 saturated heterocycles. The van der Waals surface area contributed by atoms with E-state index in [4.69, 9.17) is 11.6 Å². The predicted molar refractivity (Wildman–Crippen MR) is 81.6 cm³/mol. The number of hydrogen-bond acceptors (Lipinski definition) is 1. The molecule has 0 fully saturated rings. The zero-order valence-corrected chi connectivity index (χ0v) is 14.2. The van der Waals surface area contributed by atoms with Gasteiger partial charge in [-0.15, -0.1) is 22.9 Å². The number of hydrogen-bond donors (Lipinski definition) is 0. The van der Waals surface area contributed by atoms with Crippen LogP contribution in [0.3, 0.4) is 0 Å². The maximum absolute atomic E-state index is 6.46. The van der Waals surface area contributed by atoms with Crippen molar-refractivity contribution in [2.75, 3.05) is 0 Å². The van der Waals surface area contributed by atoms with Crippen molar-refractivity contribution in [2.45, 2.75) is 5.38 Å². The molecule has 0 bridgehead atoms. The van der Waals surface area contributed by atoms with Gasteiger partial charge < -0.3 is 0 Å². The summed E-state index contributed by atoms with van der Waals surface area (Å²) in [6, 6.07) is 8.07. The van der Waals surface area contributed by atoms with Gasteiger partial charge in [-0.05, 0) is 56.7 Å². The van der Waals surface area contributed by atoms with Crippen molar-refractivity contribution in [3.63, 3.8) is 0 Å². The number of benzene rings is 1. The summed E-state index contributed by atoms with van der Waals surface area (Å²) in [5.74, 6) is 0. The van der Waals surface area contributed by atoms with Gasteiger partial charge in [0, 0.05) is 8.95 Å². The minimum absolute atomic E-state index is 0.130. The Labute approximate surface area is 128 Å². The van der Waals surface area contributed by atoms with Gasteiger partial charge in [0.2, 0.25) is 0 Å². The first-order valence-electron chi connectivity index (χ1n) is 4.41. The smallest absolute Gasteiger partial charge is 0.0855 e. The molecule has 2 aromatic rings. The first kappa shape index (κ1) is 13.1. The van der Waals surface area contributed by atoms with Gasteiger partial charge in [-0.25, -0.2) is 0 Å². The van der Waals surface area contributed by atoms with Gasteiger partial charge >= 0.3 is 0 Å². The van der Waals surface area contributed by atoms with Crippen LogP contribution in [0.5, 0.6) is 0 Å². The minimum atomic E-state index is -0.130. The van der Waals surface area contributed by atoms with Crippen molar-refractivity contribution < 1.29 is 0 Å². The first-order chi connectivity index (χ1) is 7.58. The summed E-state index contributed by atoms with van der Waals surface area (Å²) < 4.78 is 3.16. The highest BCUT2D eigenvalue weighted by Crippen LogP contribution is 2.38. The quantitative estimate of drug-likeness (QED) is 0.472. The van der Waals surface area contributed by atoms with E-state index in [0.717, 1.165) is 23.9 Å². The third-order valence-corrected chi connectivity index (χ3v) is 5.34. The molecule has 1 aromatic carbocycles. The first-order valence-corrected chi connectivity index (χ1v) is 8.10. The summed E-state index contributed by atoms with van der Waals surface area (Å²) in [4.78, 5) is 0. The van der Waals surface area contributed by atoms with Crippen molar-refractivity contribution in [3.05, 3.63) is 53.5 Å². The molecular formula is C11H6Br3ClS. The van der Waals surface area contributed by atoms with Crippen LogP contribution in [0.4, 0.5) is 0 Å². The summed E-state index contributed by atoms with van der Waals surface area (Å²) in [6.45, 7) is 0. The summed E-state index contributed by atoms with van der Waals surface area (Å²) in [5.41, 5.74) is 2.18. The van der Waals surface area contributed by atoms with Crippen molar-refractivity contribution in [1.29, 1.82) is 0 Å². The Morgan fingerprint density at radius 2 is 1.88 bits per heavy atom. The molecule has 5 heteroatoms. The third kappa shape index (κ3) is 2.91. The highest BCUT2D eigenvalue weighted by molar-refractivity contribution is 9.11. The van der Waals surface area contributed by atoms with Crippen molar-refractivity contribution in [3.8, 4) is 0 Å². The van der Waals surface area contributed by atoms with Crippen LogP contribution in [0.25, 0.3) is 0 Å². The molecule has 0 aliphatic heterocycles. The van der Waals surface area contributed by atoms with Crippen LogP contribution in [-0.4, -0.2) is 0 Å². The highest BCUT2D eigenvalue weighted by Gasteiger charge is 2.15. The molecule has 0 spiro atoms. The van der Waals surface area contributed by atoms with Crippen molar-refractivity contribution in [1.82, 2.24) is 0 Å². The Kier molecular flexibility index (Phi) is 4.52. The minimum Gasteiger partial charge on any atom is -0.136 e. The molecule has 1 atom stereocenters. The zero-order valence-electron chi connectivity index (χ0n) is 7.88. The maximum atomic E-state index is 6.46. The Morgan fingerprint density at radius 3 is 2.50 bits per heavy atom. The Hall–Kier alpha value is 0.650. The van der Waals surface area contributed by atoms with Crippen molar-refractivity contribution in [2.24, 2.45) is 0 Å². The van der Waals surface area contributed by atoms with Gasteiger partial charge in [0.1, 0.15) is 0 Å². The second-order valence-corrected chi connectivity index (χ2v) is 7.71. The second-order valence-electron chi connectivity index (χ2n) is 3.21. The standard InChI is InChI=1S/C11H6Br3ClS/c12-7-1-2-9(13)8(4-7)11(15)6-3-10(14)16-5-6/h1-5,11H. The van der Waals surface area contributed by atoms with E-state index in [1.54, 1.807) is 11.3 Å². The van der Waals surface area contributed by atoms with Crippen LogP contribution in [-0.2, 0) is 0 Å². The van der Waals surface area contributed by atoms with E-state index in [0.29, 0.717) is 0 Å². The molecule has 0 saturated carbocycles. The van der Waals surface area contributed by atoms with Crippen LogP contribution in [0.1, 0.15) is 16.5 Å². The molecule has 0 radical (unpaired) electrons. The molecule has 0 amide bonds. The molecule has 1 unspecified atom stereocenters. The van der Waals surface area contributed by atoms with E-state index < -0.39 is 0 Å². The van der Waals surface area contributed by atoms with E-state index >= 15 is 0 Å². The molecule has 84 valence electrons. The van der Waals surface area contributed by atoms with Crippen LogP contribution in [0.2, 0.25) is 0 Å². The monoisotopic (exact) mass is 442 g/mol. The molecule has 0 nitrogen and oxygen atoms in total. The van der Waals surface area contributed by atoms with Gasteiger partial charge in [-0.2, -0.15) is 0 Å². The largest absolute Gasteiger partial charge is 0.136 e. The lowest BCUT2D eigenvalue weighted by Gasteiger charge is -2.10. The lowest BCUT2D eigenvalue weighted by Crippen LogP contribution is -1.92. The molecule has 0 N–H and O–H groups in total. The summed E-state index contributed by atoms with van der Waals surface area (Å²) in [6.07, 6.45) is 0. The SMILES string of the molecule is ClC(c1csc(Br)c1)c1cc(Br)ccc1Br. The number of alkyl halides is 1. The molecule has 1 heterocycles. The number of halogens is 4. The van der Waals surface area contributed by atoms with E-state index in [1.165, 1.54) is 0 Å². The summed E-state index contributed by atoms with van der Waals surface area (Å²) in [5, 5.41) is 1.93. The van der Waals surface area contributed by atoms with Gasteiger partial charge in [-0.1, -0.05) is 31.9 Å². The fourth-order valence-corrected chi connectivity index (χ4v) is 3.91. The average Bonchev–Trinajstić information content (AvgIpc) is 2.67. The van der Waals surface area contributed by atoms with Gasteiger partial charge in [0.15, 0.2) is 0 Å². The van der Waals surface area contributed by atoms with Crippen LogP contribution in [0, 0.1) is 0 Å². The Morgan fingerprint density at radius 1 is 1.12 bits per heavy atom. The van der Waals surface area contributed by atoms with E-state index in [1.807, 2.05) is 18.2 Å². The fourth-order valence-electron chi connectivity index (χ4n) is 1.34. The normalized spacial score (nSPS) is 12.8. The van der Waals surface area contributed by atoms with Crippen molar-refractivity contribution >= 4 is 70.7 Å². The van der Waals surface area contributed by atoms with Crippen LogP contribution < -0.4 is 0 Å². The van der Waals surface area contributed by atoms with Crippen LogP contribution in [0.15, 0.2) is 42.4 Å². The van der Waals surface area contributed by atoms with Gasteiger partial charge in [0.05, 0.1) is 9.16 Å². The number of rotatable bonds is 2. The Balaban J connectivity index is 2.40. The molecular weight excluding hydrogens is 439 g/mol. The van der Waals surface area contributed by atoms with E-state index in [-0.39, 0.29) is 5.38 Å². The molecule has 2 rings (SSSR count). The highest BCUT2D eigenvalue weighted by atomic mass is 79.9. The molecule has 0 aliphatic carbocycles. The predicted octanol–water partition coefficient (Wildman–Crippen LogP) is 6.36. The van der Waals surface area contributed by atoms with Crippen LogP contribution >= 0.6 is 70.7 Å². The molecule has 1 aromatic heterocycles. The van der Waals surface area contributed by atoms with Gasteiger partial charge in [-0.3, -0.25) is 0 Å².